The molecule has 0 bridgehead atoms. The highest BCUT2D eigenvalue weighted by Crippen LogP contribution is 1.89. The third-order valence-electron chi connectivity index (χ3n) is 0.298. The van der Waals surface area contributed by atoms with Crippen LogP contribution in [0.2, 0.25) is 0 Å². The summed E-state index contributed by atoms with van der Waals surface area (Å²) in [6.07, 6.45) is 1.25. The summed E-state index contributed by atoms with van der Waals surface area (Å²) in [4.78, 5) is 9.35. The zero-order valence-electron chi connectivity index (χ0n) is 3.44. The summed E-state index contributed by atoms with van der Waals surface area (Å²) < 4.78 is 0. The maximum absolute atomic E-state index is 9.35. The molecule has 0 fully saturated rings. The van der Waals surface area contributed by atoms with Gasteiger partial charge in [-0.25, -0.2) is 4.79 Å². The Balaban J connectivity index is 3.29. The number of allylic oxidation sites excluding steroid dienone is 1. The Morgan fingerprint density at radius 1 is 2.00 bits per heavy atom. The first-order chi connectivity index (χ1) is 2.77. The molecule has 0 aliphatic heterocycles. The predicted octanol–water partition coefficient (Wildman–Crippen LogP) is 1.00. The van der Waals surface area contributed by atoms with E-state index in [-0.39, 0.29) is 5.38 Å². The molecule has 6 heavy (non-hydrogen) atoms. The molecular weight excluding hydrogens is 99.5 g/mol. The number of halogens is 1. The van der Waals surface area contributed by atoms with E-state index in [1.807, 2.05) is 0 Å². The van der Waals surface area contributed by atoms with Gasteiger partial charge in [0.2, 0.25) is 0 Å². The van der Waals surface area contributed by atoms with E-state index in [1.165, 1.54) is 6.08 Å². The van der Waals surface area contributed by atoms with Crippen molar-refractivity contribution in [3.05, 3.63) is 6.08 Å². The maximum Gasteiger partial charge on any atom is 0.121 e. The molecule has 34 valence electrons. The molecule has 0 amide bonds. The lowest BCUT2D eigenvalue weighted by Gasteiger charge is -1.79. The molecule has 0 aliphatic rings. The normalized spacial score (nSPS) is 12.3. The van der Waals surface area contributed by atoms with Gasteiger partial charge < -0.3 is 0 Å². The van der Waals surface area contributed by atoms with Crippen LogP contribution >= 0.6 is 11.6 Å². The molecule has 1 nitrogen and oxygen atoms in total. The van der Waals surface area contributed by atoms with Gasteiger partial charge in [0.05, 0.1) is 5.38 Å². The minimum atomic E-state index is -0.178. The third-order valence-corrected chi connectivity index (χ3v) is 0.424. The average molecular weight is 105 g/mol. The number of hydrogen-bond donors (Lipinski definition) is 0. The highest BCUT2D eigenvalue weighted by Gasteiger charge is 1.81. The monoisotopic (exact) mass is 104 g/mol. The maximum atomic E-state index is 9.35. The van der Waals surface area contributed by atoms with E-state index in [9.17, 15) is 4.79 Å². The van der Waals surface area contributed by atoms with Gasteiger partial charge in [-0.3, -0.25) is 0 Å². The van der Waals surface area contributed by atoms with E-state index in [4.69, 9.17) is 11.6 Å². The van der Waals surface area contributed by atoms with Crippen LogP contribution < -0.4 is 0 Å². The second-order valence-corrected chi connectivity index (χ2v) is 1.65. The summed E-state index contributed by atoms with van der Waals surface area (Å²) in [5.41, 5.74) is 0. The zero-order chi connectivity index (χ0) is 4.99. The number of carbonyl (C=O) groups excluding carboxylic acids is 1. The van der Waals surface area contributed by atoms with Crippen LogP contribution in [0.25, 0.3) is 0 Å². The van der Waals surface area contributed by atoms with Crippen LogP contribution in [0.4, 0.5) is 0 Å². The van der Waals surface area contributed by atoms with Gasteiger partial charge in [0.15, 0.2) is 0 Å². The van der Waals surface area contributed by atoms with Gasteiger partial charge in [0, 0.05) is 6.08 Å². The van der Waals surface area contributed by atoms with Crippen LogP contribution in [0.3, 0.4) is 0 Å². The largest absolute Gasteiger partial charge is 0.234 e. The molecule has 0 saturated carbocycles. The molecule has 0 rings (SSSR count). The van der Waals surface area contributed by atoms with Crippen molar-refractivity contribution in [2.45, 2.75) is 12.3 Å². The van der Waals surface area contributed by atoms with Gasteiger partial charge in [0.1, 0.15) is 5.94 Å². The fraction of sp³-hybridized carbons (Fsp3) is 0.500. The molecule has 1 unspecified atom stereocenters. The van der Waals surface area contributed by atoms with Gasteiger partial charge in [-0.1, -0.05) is 0 Å². The molecule has 0 aromatic rings. The van der Waals surface area contributed by atoms with Crippen molar-refractivity contribution in [1.29, 1.82) is 0 Å². The van der Waals surface area contributed by atoms with Crippen molar-refractivity contribution in [1.82, 2.24) is 0 Å². The molecule has 0 spiro atoms. The number of hydrogen-bond acceptors (Lipinski definition) is 1. The Bertz CT molecular complexity index is 71.6. The number of alkyl halides is 1. The fourth-order valence-electron chi connectivity index (χ4n) is 0.0938. The minimum Gasteiger partial charge on any atom is -0.234 e. The van der Waals surface area contributed by atoms with E-state index in [2.05, 4.69) is 0 Å². The van der Waals surface area contributed by atoms with Crippen LogP contribution in [0.15, 0.2) is 6.08 Å². The van der Waals surface area contributed by atoms with Crippen molar-refractivity contribution in [3.8, 4) is 0 Å². The van der Waals surface area contributed by atoms with Crippen molar-refractivity contribution in [3.63, 3.8) is 0 Å². The third kappa shape index (κ3) is 3.74. The molecule has 0 aromatic heterocycles. The van der Waals surface area contributed by atoms with Gasteiger partial charge in [-0.15, -0.1) is 11.6 Å². The lowest BCUT2D eigenvalue weighted by molar-refractivity contribution is 0.568. The first-order valence-electron chi connectivity index (χ1n) is 1.62. The fourth-order valence-corrected chi connectivity index (χ4v) is 0.145. The molecule has 0 aromatic carbocycles. The van der Waals surface area contributed by atoms with Crippen LogP contribution in [0.1, 0.15) is 6.92 Å². The van der Waals surface area contributed by atoms with Crippen LogP contribution in [0.5, 0.6) is 0 Å². The molecule has 0 N–H and O–H groups in total. The van der Waals surface area contributed by atoms with Gasteiger partial charge in [0.25, 0.3) is 0 Å². The zero-order valence-corrected chi connectivity index (χ0v) is 4.20. The Morgan fingerprint density at radius 3 is 2.50 bits per heavy atom. The Hall–Kier alpha value is -0.260. The van der Waals surface area contributed by atoms with Crippen molar-refractivity contribution >= 4 is 17.5 Å². The molecule has 1 atom stereocenters. The molecule has 0 heterocycles. The van der Waals surface area contributed by atoms with Crippen LogP contribution in [-0.2, 0) is 4.79 Å². The summed E-state index contributed by atoms with van der Waals surface area (Å²) >= 11 is 5.26. The van der Waals surface area contributed by atoms with Crippen molar-refractivity contribution in [2.24, 2.45) is 0 Å². The molecule has 0 saturated heterocycles. The SMILES string of the molecule is CC(Cl)C=C=O. The summed E-state index contributed by atoms with van der Waals surface area (Å²) in [6, 6.07) is 0. The topological polar surface area (TPSA) is 17.1 Å². The first kappa shape index (κ1) is 5.74. The number of rotatable bonds is 1. The molecule has 2 heteroatoms. The van der Waals surface area contributed by atoms with E-state index < -0.39 is 0 Å². The second-order valence-electron chi connectivity index (χ2n) is 0.962. The van der Waals surface area contributed by atoms with Crippen molar-refractivity contribution in [2.75, 3.05) is 0 Å². The summed E-state index contributed by atoms with van der Waals surface area (Å²) in [5, 5.41) is -0.178. The van der Waals surface area contributed by atoms with Crippen LogP contribution in [-0.4, -0.2) is 11.3 Å². The summed E-state index contributed by atoms with van der Waals surface area (Å²) in [7, 11) is 0. The molecular formula is C4H5ClO. The van der Waals surface area contributed by atoms with E-state index in [0.717, 1.165) is 0 Å². The average Bonchev–Trinajstić information content (AvgIpc) is 1.35. The van der Waals surface area contributed by atoms with Crippen LogP contribution in [0, 0.1) is 0 Å². The highest BCUT2D eigenvalue weighted by molar-refractivity contribution is 6.21. The lowest BCUT2D eigenvalue weighted by atomic mass is 10.5. The van der Waals surface area contributed by atoms with Gasteiger partial charge >= 0.3 is 0 Å². The second kappa shape index (κ2) is 2.95. The van der Waals surface area contributed by atoms with Gasteiger partial charge in [-0.05, 0) is 6.92 Å². The minimum absolute atomic E-state index is 0.178. The smallest absolute Gasteiger partial charge is 0.121 e. The van der Waals surface area contributed by atoms with E-state index in [0.29, 0.717) is 0 Å². The highest BCUT2D eigenvalue weighted by atomic mass is 35.5. The van der Waals surface area contributed by atoms with Crippen molar-refractivity contribution < 1.29 is 4.79 Å². The lowest BCUT2D eigenvalue weighted by Crippen LogP contribution is -1.78. The Labute approximate surface area is 41.6 Å². The first-order valence-corrected chi connectivity index (χ1v) is 2.06. The summed E-state index contributed by atoms with van der Waals surface area (Å²) in [5.74, 6) is 1.56. The standard InChI is InChI=1S/C4H5ClO/c1-4(5)2-3-6/h2,4H,1H3. The quantitative estimate of drug-likeness (QED) is 0.358. The van der Waals surface area contributed by atoms with E-state index >= 15 is 0 Å². The predicted molar refractivity (Wildman–Crippen MR) is 25.6 cm³/mol. The Morgan fingerprint density at radius 2 is 2.50 bits per heavy atom. The molecule has 0 aliphatic carbocycles. The van der Waals surface area contributed by atoms with E-state index in [1.54, 1.807) is 12.9 Å². The van der Waals surface area contributed by atoms with Gasteiger partial charge in [-0.2, -0.15) is 0 Å². The summed E-state index contributed by atoms with van der Waals surface area (Å²) in [6.45, 7) is 1.70. The molecule has 0 radical (unpaired) electrons. The Kier molecular flexibility index (Phi) is 2.82.